The van der Waals surface area contributed by atoms with Crippen LogP contribution in [0.1, 0.15) is 27.2 Å². The minimum Gasteiger partial charge on any atom is -0.477 e. The van der Waals surface area contributed by atoms with Gasteiger partial charge in [-0.05, 0) is 6.92 Å². The van der Waals surface area contributed by atoms with Crippen LogP contribution in [0.4, 0.5) is 0 Å². The van der Waals surface area contributed by atoms with Crippen molar-refractivity contribution >= 4 is 5.97 Å². The third-order valence-electron chi connectivity index (χ3n) is 8.16. The van der Waals surface area contributed by atoms with Crippen LogP contribution in [-0.4, -0.2) is 162 Å². The van der Waals surface area contributed by atoms with Gasteiger partial charge in [0.1, 0.15) is 48.8 Å². The average molecular weight is 587 g/mol. The van der Waals surface area contributed by atoms with Crippen molar-refractivity contribution in [1.82, 2.24) is 0 Å². The fourth-order valence-corrected chi connectivity index (χ4v) is 5.22. The topological polar surface area (TPSA) is 266 Å². The molecule has 0 aromatic rings. The van der Waals surface area contributed by atoms with E-state index in [0.29, 0.717) is 0 Å². The summed E-state index contributed by atoms with van der Waals surface area (Å²) >= 11 is 0. The summed E-state index contributed by atoms with van der Waals surface area (Å²) in [6, 6.07) is 0. The van der Waals surface area contributed by atoms with Crippen LogP contribution < -0.4 is 0 Å². The van der Waals surface area contributed by atoms with E-state index < -0.39 is 129 Å². The average Bonchev–Trinajstić information content (AvgIpc) is 2.92. The summed E-state index contributed by atoms with van der Waals surface area (Å²) in [6.07, 6.45) is -19.1. The predicted molar refractivity (Wildman–Crippen MR) is 128 cm³/mol. The van der Waals surface area contributed by atoms with Crippen LogP contribution in [0.5, 0.6) is 0 Å². The summed E-state index contributed by atoms with van der Waals surface area (Å²) in [4.78, 5) is 12.3. The molecule has 0 spiro atoms. The van der Waals surface area contributed by atoms with Crippen LogP contribution in [-0.2, 0) is 28.5 Å². The van der Waals surface area contributed by atoms with E-state index in [-0.39, 0.29) is 0 Å². The summed E-state index contributed by atoms with van der Waals surface area (Å²) in [5.41, 5.74) is 0. The number of hydrogen-bond acceptors (Lipinski definition) is 15. The molecule has 3 aliphatic heterocycles. The fraction of sp³-hybridized carbons (Fsp3) is 0.958. The molecule has 0 radical (unpaired) electrons. The Morgan fingerprint density at radius 2 is 1.57 bits per heavy atom. The van der Waals surface area contributed by atoms with Crippen LogP contribution in [0.3, 0.4) is 0 Å². The van der Waals surface area contributed by atoms with Crippen molar-refractivity contribution in [1.29, 1.82) is 0 Å². The zero-order valence-electron chi connectivity index (χ0n) is 22.4. The molecule has 14 unspecified atom stereocenters. The minimum absolute atomic E-state index is 0.528. The number of carboxylic acids is 1. The molecule has 0 aliphatic carbocycles. The first-order chi connectivity index (χ1) is 18.7. The molecule has 3 heterocycles. The van der Waals surface area contributed by atoms with Gasteiger partial charge < -0.3 is 74.7 Å². The number of hydrogen-bond donors (Lipinski definition) is 10. The van der Waals surface area contributed by atoms with Gasteiger partial charge in [0.2, 0.25) is 0 Å². The van der Waals surface area contributed by atoms with Crippen molar-refractivity contribution in [2.24, 2.45) is 11.8 Å². The maximum atomic E-state index is 12.3. The molecule has 3 saturated heterocycles. The van der Waals surface area contributed by atoms with E-state index >= 15 is 0 Å². The number of carboxylic acid groups (broad SMARTS) is 1. The predicted octanol–water partition coefficient (Wildman–Crippen LogP) is -4.75. The molecule has 234 valence electrons. The van der Waals surface area contributed by atoms with E-state index in [1.807, 2.05) is 0 Å². The van der Waals surface area contributed by atoms with Gasteiger partial charge in [-0.2, -0.15) is 0 Å². The van der Waals surface area contributed by atoms with Crippen molar-refractivity contribution in [3.8, 4) is 0 Å². The zero-order chi connectivity index (χ0) is 30.1. The lowest BCUT2D eigenvalue weighted by Gasteiger charge is -2.48. The molecule has 0 aromatic carbocycles. The molecule has 0 aromatic heterocycles. The van der Waals surface area contributed by atoms with Gasteiger partial charge in [-0.15, -0.1) is 0 Å². The molecule has 16 atom stereocenters. The molecule has 3 rings (SSSR count). The largest absolute Gasteiger partial charge is 0.477 e. The van der Waals surface area contributed by atoms with E-state index in [1.165, 1.54) is 6.92 Å². The first-order valence-corrected chi connectivity index (χ1v) is 13.2. The number of ether oxygens (including phenoxy) is 5. The number of aliphatic hydroxyl groups is 9. The molecular formula is C24H42O16. The van der Waals surface area contributed by atoms with Gasteiger partial charge in [-0.3, -0.25) is 0 Å². The Morgan fingerprint density at radius 3 is 2.15 bits per heavy atom. The molecule has 0 bridgehead atoms. The van der Waals surface area contributed by atoms with E-state index in [2.05, 4.69) is 0 Å². The first-order valence-electron chi connectivity index (χ1n) is 13.2. The molecule has 16 heteroatoms. The van der Waals surface area contributed by atoms with Gasteiger partial charge in [-0.25, -0.2) is 4.79 Å². The highest BCUT2D eigenvalue weighted by Crippen LogP contribution is 2.38. The number of aliphatic hydroxyl groups excluding tert-OH is 9. The fourth-order valence-electron chi connectivity index (χ4n) is 5.22. The minimum atomic E-state index is -2.52. The second-order valence-corrected chi connectivity index (χ2v) is 10.8. The molecule has 0 amide bonds. The van der Waals surface area contributed by atoms with Crippen molar-refractivity contribution in [2.75, 3.05) is 19.8 Å². The van der Waals surface area contributed by atoms with E-state index in [1.54, 1.807) is 13.8 Å². The van der Waals surface area contributed by atoms with Crippen LogP contribution >= 0.6 is 0 Å². The second kappa shape index (κ2) is 13.5. The Bertz CT molecular complexity index is 831. The highest BCUT2D eigenvalue weighted by molar-refractivity contribution is 5.76. The summed E-state index contributed by atoms with van der Waals surface area (Å²) in [7, 11) is 0. The molecule has 3 aliphatic rings. The lowest BCUT2D eigenvalue weighted by atomic mass is 9.84. The third-order valence-corrected chi connectivity index (χ3v) is 8.16. The lowest BCUT2D eigenvalue weighted by Crippen LogP contribution is -2.64. The Balaban J connectivity index is 1.76. The number of aliphatic carboxylic acids is 1. The second-order valence-electron chi connectivity index (χ2n) is 10.8. The maximum Gasteiger partial charge on any atom is 0.364 e. The van der Waals surface area contributed by atoms with Crippen molar-refractivity contribution in [3.63, 3.8) is 0 Å². The van der Waals surface area contributed by atoms with Gasteiger partial charge in [0.15, 0.2) is 6.29 Å². The molecule has 40 heavy (non-hydrogen) atoms. The molecule has 16 nitrogen and oxygen atoms in total. The summed E-state index contributed by atoms with van der Waals surface area (Å²) in [6.45, 7) is 2.64. The van der Waals surface area contributed by atoms with Gasteiger partial charge in [0.05, 0.1) is 44.2 Å². The smallest absolute Gasteiger partial charge is 0.364 e. The Hall–Kier alpha value is -1.09. The number of rotatable bonds is 10. The SMILES string of the molecule is CC1OC(COC2(C(=O)O)CC(O)C(C)C([C@H](O)[C@H](O)CO)O2)C(O)C(OC2OC(CO)C(O)C(O)C2O)C1C. The van der Waals surface area contributed by atoms with Crippen LogP contribution in [0, 0.1) is 11.8 Å². The first kappa shape index (κ1) is 33.4. The van der Waals surface area contributed by atoms with Gasteiger partial charge in [0, 0.05) is 18.3 Å². The highest BCUT2D eigenvalue weighted by Gasteiger charge is 2.55. The quantitative estimate of drug-likeness (QED) is 0.115. The molecule has 0 saturated carbocycles. The van der Waals surface area contributed by atoms with E-state index in [0.717, 1.165) is 0 Å². The van der Waals surface area contributed by atoms with Crippen molar-refractivity contribution in [3.05, 3.63) is 0 Å². The van der Waals surface area contributed by atoms with Crippen molar-refractivity contribution < 1.29 is 79.5 Å². The molecule has 10 N–H and O–H groups in total. The Kier molecular flexibility index (Phi) is 11.3. The standard InChI is InChI=1S/C24H42O16/c1-8-10(3)37-14(17(31)20(8)39-22-19(33)18(32)16(30)13(6-26)38-22)7-36-24(23(34)35)4-11(27)9(2)21(40-24)15(29)12(28)5-25/h8-22,25-33H,4-7H2,1-3H3,(H,34,35)/t8?,9?,10?,11?,12-,13?,14?,15-,16?,17?,18?,19?,20?,21?,22?,24?/m1/s1. The molecular weight excluding hydrogens is 544 g/mol. The van der Waals surface area contributed by atoms with E-state index in [4.69, 9.17) is 23.7 Å². The maximum absolute atomic E-state index is 12.3. The van der Waals surface area contributed by atoms with Crippen LogP contribution in [0.2, 0.25) is 0 Å². The molecule has 3 fully saturated rings. The number of carbonyl (C=O) groups is 1. The van der Waals surface area contributed by atoms with Gasteiger partial charge in [-0.1, -0.05) is 13.8 Å². The van der Waals surface area contributed by atoms with Gasteiger partial charge >= 0.3 is 5.97 Å². The summed E-state index contributed by atoms with van der Waals surface area (Å²) < 4.78 is 28.2. The zero-order valence-corrected chi connectivity index (χ0v) is 22.4. The summed E-state index contributed by atoms with van der Waals surface area (Å²) in [5, 5.41) is 101. The Labute approximate surface area is 230 Å². The van der Waals surface area contributed by atoms with Crippen LogP contribution in [0.25, 0.3) is 0 Å². The highest BCUT2D eigenvalue weighted by atomic mass is 16.7. The summed E-state index contributed by atoms with van der Waals surface area (Å²) in [5.74, 6) is -5.55. The Morgan fingerprint density at radius 1 is 0.925 bits per heavy atom. The lowest BCUT2D eigenvalue weighted by molar-refractivity contribution is -0.345. The van der Waals surface area contributed by atoms with Crippen molar-refractivity contribution in [2.45, 2.75) is 113 Å². The van der Waals surface area contributed by atoms with Crippen LogP contribution in [0.15, 0.2) is 0 Å². The van der Waals surface area contributed by atoms with Gasteiger partial charge in [0.25, 0.3) is 5.79 Å². The van der Waals surface area contributed by atoms with E-state index in [9.17, 15) is 55.9 Å². The normalized spacial score (nSPS) is 48.0. The third kappa shape index (κ3) is 6.60. The monoisotopic (exact) mass is 586 g/mol.